The van der Waals surface area contributed by atoms with Crippen LogP contribution in [-0.2, 0) is 20.0 Å². The second-order valence-electron chi connectivity index (χ2n) is 6.44. The van der Waals surface area contributed by atoms with E-state index in [1.165, 1.54) is 25.1 Å². The molecule has 1 aliphatic rings. The molecule has 1 aliphatic heterocycles. The molecule has 1 atom stereocenters. The lowest BCUT2D eigenvalue weighted by atomic mass is 9.99. The summed E-state index contributed by atoms with van der Waals surface area (Å²) in [4.78, 5) is 0. The minimum Gasteiger partial charge on any atom is -0.284 e. The van der Waals surface area contributed by atoms with Crippen LogP contribution in [0.25, 0.3) is 0 Å². The summed E-state index contributed by atoms with van der Waals surface area (Å²) < 4.78 is 65.1. The van der Waals surface area contributed by atoms with Crippen LogP contribution < -0.4 is 4.72 Å². The topological polar surface area (TPSA) is 95.9 Å². The second kappa shape index (κ2) is 7.51. The Bertz CT molecular complexity index is 1130. The predicted molar refractivity (Wildman–Crippen MR) is 107 cm³/mol. The summed E-state index contributed by atoms with van der Waals surface area (Å²) in [5.74, 6) is -0.530. The van der Waals surface area contributed by atoms with Crippen molar-refractivity contribution in [2.75, 3.05) is 16.7 Å². The van der Waals surface area contributed by atoms with Crippen LogP contribution >= 0.6 is 0 Å². The molecular weight excluding hydrogens is 405 g/mol. The van der Waals surface area contributed by atoms with Gasteiger partial charge in [-0.3, -0.25) is 4.72 Å². The second-order valence-corrected chi connectivity index (χ2v) is 10.3. The van der Waals surface area contributed by atoms with Crippen LogP contribution in [0.2, 0.25) is 0 Å². The maximum Gasteiger partial charge on any atom is 0.247 e. The number of anilines is 1. The van der Waals surface area contributed by atoms with Crippen molar-refractivity contribution < 1.29 is 21.2 Å². The van der Waals surface area contributed by atoms with Crippen molar-refractivity contribution in [3.63, 3.8) is 0 Å². The van der Waals surface area contributed by atoms with E-state index in [0.29, 0.717) is 22.5 Å². The van der Waals surface area contributed by atoms with Crippen molar-refractivity contribution in [1.29, 1.82) is 0 Å². The van der Waals surface area contributed by atoms with Crippen molar-refractivity contribution in [3.05, 3.63) is 65.5 Å². The van der Waals surface area contributed by atoms with Crippen LogP contribution in [0.15, 0.2) is 53.6 Å². The van der Waals surface area contributed by atoms with Gasteiger partial charge in [-0.2, -0.15) is 9.52 Å². The fourth-order valence-electron chi connectivity index (χ4n) is 2.94. The number of nitrogens with zero attached hydrogens (tertiary/aromatic N) is 2. The van der Waals surface area contributed by atoms with Gasteiger partial charge in [-0.25, -0.2) is 21.2 Å². The first-order chi connectivity index (χ1) is 13.1. The first kappa shape index (κ1) is 20.3. The fraction of sp³-hybridized carbons (Fsp3) is 0.278. The summed E-state index contributed by atoms with van der Waals surface area (Å²) >= 11 is 0. The zero-order valence-corrected chi connectivity index (χ0v) is 17.0. The molecule has 0 saturated carbocycles. The zero-order valence-electron chi connectivity index (χ0n) is 15.3. The van der Waals surface area contributed by atoms with E-state index in [0.717, 1.165) is 10.7 Å². The van der Waals surface area contributed by atoms with Crippen molar-refractivity contribution in [2.24, 2.45) is 5.10 Å². The molecule has 0 aromatic heterocycles. The van der Waals surface area contributed by atoms with Gasteiger partial charge in [0.2, 0.25) is 20.0 Å². The first-order valence-corrected chi connectivity index (χ1v) is 12.0. The summed E-state index contributed by atoms with van der Waals surface area (Å²) in [6, 6.07) is 11.6. The number of hydrazone groups is 1. The molecule has 2 aromatic carbocycles. The third kappa shape index (κ3) is 4.50. The minimum atomic E-state index is -3.68. The predicted octanol–water partition coefficient (Wildman–Crippen LogP) is 2.70. The average molecular weight is 426 g/mol. The van der Waals surface area contributed by atoms with Crippen LogP contribution in [0.3, 0.4) is 0 Å². The van der Waals surface area contributed by atoms with Gasteiger partial charge in [0, 0.05) is 12.1 Å². The molecule has 1 N–H and O–H groups in total. The summed E-state index contributed by atoms with van der Waals surface area (Å²) in [5.41, 5.74) is 1.91. The Morgan fingerprint density at radius 1 is 1.14 bits per heavy atom. The number of sulfonamides is 2. The SMILES string of the molecule is CCS(=O)(=O)Nc1cccc(C2=NN(S(C)(=O)=O)[C@@H](c3cccc(F)c3)C2)c1. The molecule has 7 nitrogen and oxygen atoms in total. The smallest absolute Gasteiger partial charge is 0.247 e. The molecule has 1 heterocycles. The fourth-order valence-corrected chi connectivity index (χ4v) is 4.48. The van der Waals surface area contributed by atoms with E-state index >= 15 is 0 Å². The van der Waals surface area contributed by atoms with E-state index in [1.807, 2.05) is 0 Å². The normalized spacial score (nSPS) is 17.5. The van der Waals surface area contributed by atoms with Gasteiger partial charge in [0.05, 0.1) is 23.8 Å². The van der Waals surface area contributed by atoms with Gasteiger partial charge in [0.25, 0.3) is 0 Å². The average Bonchev–Trinajstić information content (AvgIpc) is 3.07. The summed E-state index contributed by atoms with van der Waals surface area (Å²) in [6.07, 6.45) is 1.28. The Balaban J connectivity index is 1.97. The van der Waals surface area contributed by atoms with Crippen molar-refractivity contribution in [3.8, 4) is 0 Å². The van der Waals surface area contributed by atoms with Gasteiger partial charge >= 0.3 is 0 Å². The molecule has 0 aliphatic carbocycles. The maximum atomic E-state index is 13.6. The molecule has 0 saturated heterocycles. The highest BCUT2D eigenvalue weighted by Gasteiger charge is 2.34. The van der Waals surface area contributed by atoms with E-state index in [4.69, 9.17) is 0 Å². The molecule has 28 heavy (non-hydrogen) atoms. The molecule has 0 bridgehead atoms. The van der Waals surface area contributed by atoms with E-state index < -0.39 is 31.9 Å². The largest absolute Gasteiger partial charge is 0.284 e. The third-order valence-electron chi connectivity index (χ3n) is 4.30. The highest BCUT2D eigenvalue weighted by Crippen LogP contribution is 2.35. The van der Waals surface area contributed by atoms with Crippen LogP contribution in [0.4, 0.5) is 10.1 Å². The summed E-state index contributed by atoms with van der Waals surface area (Å²) in [6.45, 7) is 1.53. The molecule has 10 heteroatoms. The van der Waals surface area contributed by atoms with Crippen molar-refractivity contribution in [1.82, 2.24) is 4.41 Å². The van der Waals surface area contributed by atoms with E-state index in [2.05, 4.69) is 9.82 Å². The maximum absolute atomic E-state index is 13.6. The quantitative estimate of drug-likeness (QED) is 0.770. The van der Waals surface area contributed by atoms with E-state index in [1.54, 1.807) is 30.3 Å². The molecule has 2 aromatic rings. The Labute approximate surface area is 164 Å². The number of hydrogen-bond acceptors (Lipinski definition) is 5. The number of hydrogen-bond donors (Lipinski definition) is 1. The molecular formula is C18H20FN3O4S2. The third-order valence-corrected chi connectivity index (χ3v) is 6.62. The van der Waals surface area contributed by atoms with Crippen molar-refractivity contribution in [2.45, 2.75) is 19.4 Å². The minimum absolute atomic E-state index is 0.0678. The highest BCUT2D eigenvalue weighted by atomic mass is 32.2. The molecule has 150 valence electrons. The van der Waals surface area contributed by atoms with Crippen LogP contribution in [0, 0.1) is 5.82 Å². The Morgan fingerprint density at radius 3 is 2.50 bits per heavy atom. The van der Waals surface area contributed by atoms with Gasteiger partial charge in [-0.05, 0) is 42.3 Å². The molecule has 0 spiro atoms. The van der Waals surface area contributed by atoms with Gasteiger partial charge < -0.3 is 0 Å². The summed E-state index contributed by atoms with van der Waals surface area (Å²) in [7, 11) is -7.13. The Morgan fingerprint density at radius 2 is 1.86 bits per heavy atom. The van der Waals surface area contributed by atoms with Crippen LogP contribution in [0.5, 0.6) is 0 Å². The lowest BCUT2D eigenvalue weighted by Gasteiger charge is -2.21. The Kier molecular flexibility index (Phi) is 5.44. The first-order valence-electron chi connectivity index (χ1n) is 8.52. The molecule has 0 radical (unpaired) electrons. The number of halogens is 1. The van der Waals surface area contributed by atoms with Gasteiger partial charge in [0.1, 0.15) is 5.82 Å². The van der Waals surface area contributed by atoms with Crippen LogP contribution in [0.1, 0.15) is 30.5 Å². The van der Waals surface area contributed by atoms with Crippen LogP contribution in [-0.4, -0.2) is 39.0 Å². The molecule has 0 amide bonds. The molecule has 0 unspecified atom stereocenters. The lowest BCUT2D eigenvalue weighted by Crippen LogP contribution is -2.26. The molecule has 3 rings (SSSR count). The van der Waals surface area contributed by atoms with E-state index in [-0.39, 0.29) is 12.2 Å². The van der Waals surface area contributed by atoms with E-state index in [9.17, 15) is 21.2 Å². The lowest BCUT2D eigenvalue weighted by molar-refractivity contribution is 0.373. The number of rotatable bonds is 6. The van der Waals surface area contributed by atoms with Gasteiger partial charge in [-0.1, -0.05) is 24.3 Å². The zero-order chi connectivity index (χ0) is 20.5. The van der Waals surface area contributed by atoms with Gasteiger partial charge in [-0.15, -0.1) is 0 Å². The van der Waals surface area contributed by atoms with Gasteiger partial charge in [0.15, 0.2) is 0 Å². The standard InChI is InChI=1S/C18H20FN3O4S2/c1-3-28(25,26)21-16-9-5-6-13(11-16)17-12-18(22(20-17)27(2,23)24)14-7-4-8-15(19)10-14/h4-11,18,21H,3,12H2,1-2H3/t18-/m1/s1. The van der Waals surface area contributed by atoms with Crippen molar-refractivity contribution >= 4 is 31.4 Å². The summed E-state index contributed by atoms with van der Waals surface area (Å²) in [5, 5.41) is 4.24. The number of nitrogens with one attached hydrogen (secondary N) is 1. The monoisotopic (exact) mass is 425 g/mol. The molecule has 0 fully saturated rings. The number of benzene rings is 2. The highest BCUT2D eigenvalue weighted by molar-refractivity contribution is 7.92. The Hall–Kier alpha value is -2.46.